The van der Waals surface area contributed by atoms with Gasteiger partial charge in [0.2, 0.25) is 5.91 Å². The average Bonchev–Trinajstić information content (AvgIpc) is 3.13. The fraction of sp³-hybridized carbons (Fsp3) is 0.500. The number of alkyl carbamates (subject to hydrolysis) is 1. The monoisotopic (exact) mass is 469 g/mol. The standard InChI is InChI=1S/C26H35N3O5/c1-16(2)22(28-25(33)34-26(3,4)5)23(30)27-21-15-29(14-20(21)24(31)32)13-18-11-8-10-17-9-6-7-12-19(17)18/h6-12,16,20-22H,13-15H2,1-5H3,(H,27,30)(H,28,33)(H,31,32)/t20-,21+,22+/m1/s1. The third kappa shape index (κ3) is 6.47. The Labute approximate surface area is 200 Å². The molecule has 0 saturated carbocycles. The molecule has 0 unspecified atom stereocenters. The van der Waals surface area contributed by atoms with E-state index in [1.54, 1.807) is 20.8 Å². The van der Waals surface area contributed by atoms with Crippen molar-refractivity contribution in [3.63, 3.8) is 0 Å². The molecule has 2 amide bonds. The maximum absolute atomic E-state index is 13.1. The van der Waals surface area contributed by atoms with Crippen molar-refractivity contribution in [3.05, 3.63) is 48.0 Å². The molecule has 0 bridgehead atoms. The molecule has 1 saturated heterocycles. The molecule has 3 rings (SSSR count). The highest BCUT2D eigenvalue weighted by atomic mass is 16.6. The number of carboxylic acid groups (broad SMARTS) is 1. The number of benzene rings is 2. The molecule has 34 heavy (non-hydrogen) atoms. The van der Waals surface area contributed by atoms with E-state index in [2.05, 4.69) is 33.7 Å². The summed E-state index contributed by atoms with van der Waals surface area (Å²) in [5.74, 6) is -2.31. The highest BCUT2D eigenvalue weighted by Gasteiger charge is 2.40. The second kappa shape index (κ2) is 10.4. The lowest BCUT2D eigenvalue weighted by atomic mass is 10.0. The van der Waals surface area contributed by atoms with Crippen molar-refractivity contribution in [3.8, 4) is 0 Å². The highest BCUT2D eigenvalue weighted by Crippen LogP contribution is 2.24. The lowest BCUT2D eigenvalue weighted by Gasteiger charge is -2.27. The van der Waals surface area contributed by atoms with E-state index in [1.165, 1.54) is 0 Å². The van der Waals surface area contributed by atoms with E-state index in [0.717, 1.165) is 16.3 Å². The normalized spacial score (nSPS) is 19.7. The van der Waals surface area contributed by atoms with Crippen molar-refractivity contribution in [2.45, 2.75) is 58.8 Å². The predicted octanol–water partition coefficient (Wildman–Crippen LogP) is 3.39. The lowest BCUT2D eigenvalue weighted by molar-refractivity contribution is -0.142. The van der Waals surface area contributed by atoms with Gasteiger partial charge in [0.1, 0.15) is 11.6 Å². The van der Waals surface area contributed by atoms with Crippen LogP contribution in [0.15, 0.2) is 42.5 Å². The molecule has 3 atom stereocenters. The SMILES string of the molecule is CC(C)[C@H](NC(=O)OC(C)(C)C)C(=O)N[C@H]1CN(Cc2cccc3ccccc23)C[C@H]1C(=O)O. The first-order chi connectivity index (χ1) is 15.9. The van der Waals surface area contributed by atoms with Crippen LogP contribution in [0.4, 0.5) is 4.79 Å². The number of aliphatic carboxylic acids is 1. The molecule has 1 heterocycles. The Balaban J connectivity index is 1.70. The molecule has 184 valence electrons. The first-order valence-electron chi connectivity index (χ1n) is 11.7. The van der Waals surface area contributed by atoms with Crippen LogP contribution in [-0.2, 0) is 20.9 Å². The minimum Gasteiger partial charge on any atom is -0.481 e. The number of nitrogens with one attached hydrogen (secondary N) is 2. The zero-order valence-corrected chi connectivity index (χ0v) is 20.5. The molecular weight excluding hydrogens is 434 g/mol. The van der Waals surface area contributed by atoms with Crippen molar-refractivity contribution >= 4 is 28.7 Å². The highest BCUT2D eigenvalue weighted by molar-refractivity contribution is 5.87. The molecule has 0 spiro atoms. The van der Waals surface area contributed by atoms with Gasteiger partial charge in [-0.05, 0) is 43.0 Å². The van der Waals surface area contributed by atoms with Gasteiger partial charge in [0.25, 0.3) is 0 Å². The second-order valence-electron chi connectivity index (χ2n) is 10.3. The molecule has 1 aliphatic rings. The number of rotatable bonds is 7. The molecule has 0 radical (unpaired) electrons. The van der Waals surface area contributed by atoms with Crippen molar-refractivity contribution in [1.82, 2.24) is 15.5 Å². The number of carbonyl (C=O) groups excluding carboxylic acids is 2. The van der Waals surface area contributed by atoms with Gasteiger partial charge in [0.05, 0.1) is 12.0 Å². The number of likely N-dealkylation sites (tertiary alicyclic amines) is 1. The number of amides is 2. The number of hydrogen-bond donors (Lipinski definition) is 3. The van der Waals surface area contributed by atoms with Gasteiger partial charge in [0.15, 0.2) is 0 Å². The van der Waals surface area contributed by atoms with E-state index in [1.807, 2.05) is 38.1 Å². The predicted molar refractivity (Wildman–Crippen MR) is 130 cm³/mol. The number of carbonyl (C=O) groups is 3. The second-order valence-corrected chi connectivity index (χ2v) is 10.3. The van der Waals surface area contributed by atoms with Gasteiger partial charge in [0, 0.05) is 19.6 Å². The molecule has 8 heteroatoms. The van der Waals surface area contributed by atoms with Crippen LogP contribution in [0.5, 0.6) is 0 Å². The van der Waals surface area contributed by atoms with Crippen LogP contribution in [0.25, 0.3) is 10.8 Å². The van der Waals surface area contributed by atoms with E-state index in [-0.39, 0.29) is 5.92 Å². The number of nitrogens with zero attached hydrogens (tertiary/aromatic N) is 1. The van der Waals surface area contributed by atoms with Gasteiger partial charge >= 0.3 is 12.1 Å². The van der Waals surface area contributed by atoms with Gasteiger partial charge in [-0.2, -0.15) is 0 Å². The number of carboxylic acids is 1. The van der Waals surface area contributed by atoms with Crippen LogP contribution in [0.2, 0.25) is 0 Å². The molecule has 2 aromatic carbocycles. The van der Waals surface area contributed by atoms with Crippen molar-refractivity contribution < 1.29 is 24.2 Å². The topological polar surface area (TPSA) is 108 Å². The summed E-state index contributed by atoms with van der Waals surface area (Å²) in [7, 11) is 0. The summed E-state index contributed by atoms with van der Waals surface area (Å²) in [6, 6.07) is 12.8. The van der Waals surface area contributed by atoms with E-state index in [0.29, 0.717) is 19.6 Å². The smallest absolute Gasteiger partial charge is 0.408 e. The lowest BCUT2D eigenvalue weighted by Crippen LogP contribution is -2.54. The van der Waals surface area contributed by atoms with Gasteiger partial charge in [-0.1, -0.05) is 56.3 Å². The molecule has 3 N–H and O–H groups in total. The van der Waals surface area contributed by atoms with Crippen LogP contribution < -0.4 is 10.6 Å². The average molecular weight is 470 g/mol. The summed E-state index contributed by atoms with van der Waals surface area (Å²) in [5, 5.41) is 17.6. The van der Waals surface area contributed by atoms with Crippen LogP contribution in [-0.4, -0.2) is 58.8 Å². The molecule has 0 aliphatic carbocycles. The summed E-state index contributed by atoms with van der Waals surface area (Å²) >= 11 is 0. The van der Waals surface area contributed by atoms with Crippen molar-refractivity contribution in [1.29, 1.82) is 0 Å². The van der Waals surface area contributed by atoms with E-state index in [4.69, 9.17) is 4.74 Å². The Kier molecular flexibility index (Phi) is 7.82. The Morgan fingerprint density at radius 3 is 2.41 bits per heavy atom. The first kappa shape index (κ1) is 25.5. The van der Waals surface area contributed by atoms with Crippen molar-refractivity contribution in [2.75, 3.05) is 13.1 Å². The summed E-state index contributed by atoms with van der Waals surface area (Å²) < 4.78 is 5.28. The Morgan fingerprint density at radius 1 is 1.09 bits per heavy atom. The summed E-state index contributed by atoms with van der Waals surface area (Å²) in [5.41, 5.74) is 0.421. The summed E-state index contributed by atoms with van der Waals surface area (Å²) in [6.45, 7) is 10.2. The maximum Gasteiger partial charge on any atom is 0.408 e. The van der Waals surface area contributed by atoms with Gasteiger partial charge < -0.3 is 20.5 Å². The summed E-state index contributed by atoms with van der Waals surface area (Å²) in [6.07, 6.45) is -0.680. The third-order valence-electron chi connectivity index (χ3n) is 5.94. The van der Waals surface area contributed by atoms with E-state index in [9.17, 15) is 19.5 Å². The molecule has 0 aromatic heterocycles. The molecule has 8 nitrogen and oxygen atoms in total. The van der Waals surface area contributed by atoms with Crippen LogP contribution >= 0.6 is 0 Å². The van der Waals surface area contributed by atoms with Crippen LogP contribution in [0, 0.1) is 11.8 Å². The Bertz CT molecular complexity index is 1040. The van der Waals surface area contributed by atoms with Gasteiger partial charge in [-0.3, -0.25) is 14.5 Å². The molecule has 1 aliphatic heterocycles. The van der Waals surface area contributed by atoms with Crippen LogP contribution in [0.3, 0.4) is 0 Å². The fourth-order valence-corrected chi connectivity index (χ4v) is 4.32. The summed E-state index contributed by atoms with van der Waals surface area (Å²) in [4.78, 5) is 39.3. The van der Waals surface area contributed by atoms with Crippen molar-refractivity contribution in [2.24, 2.45) is 11.8 Å². The van der Waals surface area contributed by atoms with Crippen LogP contribution in [0.1, 0.15) is 40.2 Å². The van der Waals surface area contributed by atoms with E-state index < -0.39 is 41.6 Å². The largest absolute Gasteiger partial charge is 0.481 e. The zero-order chi connectivity index (χ0) is 25.0. The maximum atomic E-state index is 13.1. The number of hydrogen-bond acceptors (Lipinski definition) is 5. The fourth-order valence-electron chi connectivity index (χ4n) is 4.32. The number of ether oxygens (including phenoxy) is 1. The van der Waals surface area contributed by atoms with Gasteiger partial charge in [-0.25, -0.2) is 4.79 Å². The number of fused-ring (bicyclic) bond motifs is 1. The zero-order valence-electron chi connectivity index (χ0n) is 20.5. The molecular formula is C26H35N3O5. The Morgan fingerprint density at radius 2 is 1.76 bits per heavy atom. The molecule has 1 fully saturated rings. The third-order valence-corrected chi connectivity index (χ3v) is 5.94. The quantitative estimate of drug-likeness (QED) is 0.574. The molecule has 2 aromatic rings. The first-order valence-corrected chi connectivity index (χ1v) is 11.7. The minimum absolute atomic E-state index is 0.205. The van der Waals surface area contributed by atoms with E-state index >= 15 is 0 Å². The Hall–Kier alpha value is -3.13. The van der Waals surface area contributed by atoms with Gasteiger partial charge in [-0.15, -0.1) is 0 Å². The minimum atomic E-state index is -0.952.